The van der Waals surface area contributed by atoms with E-state index < -0.39 is 10.0 Å². The Bertz CT molecular complexity index is 1440. The lowest BCUT2D eigenvalue weighted by molar-refractivity contribution is 0.397. The van der Waals surface area contributed by atoms with Crippen molar-refractivity contribution in [2.75, 3.05) is 45.0 Å². The molecule has 0 radical (unpaired) electrons. The average Bonchev–Trinajstić information content (AvgIpc) is 3.29. The minimum Gasteiger partial charge on any atom is -0.496 e. The minimum atomic E-state index is -3.22. The molecule has 4 rings (SSSR count). The van der Waals surface area contributed by atoms with Crippen LogP contribution in [0.5, 0.6) is 11.6 Å². The standard InChI is InChI=1S/C26H34N4O5S/c1-26(2,3)21-12-19(18-7-8-22(34-4)29-25(18)31)23-20(24(21)35-5)11-17(14-27-23)30-10-9-16(15-30)13-28-36(6,32)33/h7-8,11-12,14,16,28H,9-10,13,15H2,1-6H3,(H,29,31). The van der Waals surface area contributed by atoms with Gasteiger partial charge in [-0.25, -0.2) is 13.1 Å². The molecule has 10 heteroatoms. The van der Waals surface area contributed by atoms with Gasteiger partial charge < -0.3 is 14.4 Å². The zero-order valence-electron chi connectivity index (χ0n) is 21.6. The van der Waals surface area contributed by atoms with Gasteiger partial charge in [0.05, 0.1) is 37.9 Å². The van der Waals surface area contributed by atoms with Crippen LogP contribution >= 0.6 is 0 Å². The summed E-state index contributed by atoms with van der Waals surface area (Å²) in [5, 5.41) is 0.824. The van der Waals surface area contributed by atoms with E-state index in [1.807, 2.05) is 12.3 Å². The predicted octanol–water partition coefficient (Wildman–Crippen LogP) is 3.28. The molecule has 9 nitrogen and oxygen atoms in total. The fourth-order valence-corrected chi connectivity index (χ4v) is 5.25. The van der Waals surface area contributed by atoms with Crippen LogP contribution in [0.1, 0.15) is 32.8 Å². The highest BCUT2D eigenvalue weighted by Gasteiger charge is 2.27. The molecule has 3 aromatic rings. The zero-order chi connectivity index (χ0) is 26.3. The van der Waals surface area contributed by atoms with Crippen molar-refractivity contribution >= 4 is 26.6 Å². The van der Waals surface area contributed by atoms with Crippen molar-refractivity contribution in [3.63, 3.8) is 0 Å². The summed E-state index contributed by atoms with van der Waals surface area (Å²) in [6.07, 6.45) is 3.87. The maximum Gasteiger partial charge on any atom is 0.258 e. The van der Waals surface area contributed by atoms with Crippen molar-refractivity contribution in [1.82, 2.24) is 14.7 Å². The van der Waals surface area contributed by atoms with Crippen LogP contribution in [-0.4, -0.2) is 58.5 Å². The van der Waals surface area contributed by atoms with E-state index in [4.69, 9.17) is 14.5 Å². The fourth-order valence-electron chi connectivity index (χ4n) is 4.71. The van der Waals surface area contributed by atoms with Crippen LogP contribution in [0.3, 0.4) is 0 Å². The number of anilines is 1. The first-order chi connectivity index (χ1) is 16.9. The first-order valence-electron chi connectivity index (χ1n) is 11.9. The number of nitrogens with zero attached hydrogens (tertiary/aromatic N) is 2. The van der Waals surface area contributed by atoms with Gasteiger partial charge in [-0.2, -0.15) is 0 Å². The van der Waals surface area contributed by atoms with Crippen LogP contribution in [0, 0.1) is 5.92 Å². The highest BCUT2D eigenvalue weighted by Crippen LogP contribution is 2.42. The summed E-state index contributed by atoms with van der Waals surface area (Å²) >= 11 is 0. The van der Waals surface area contributed by atoms with E-state index in [0.29, 0.717) is 23.5 Å². The van der Waals surface area contributed by atoms with Gasteiger partial charge in [0.15, 0.2) is 5.88 Å². The Kier molecular flexibility index (Phi) is 7.03. The number of H-pyrrole nitrogens is 1. The topological polar surface area (TPSA) is 114 Å². The second-order valence-electron chi connectivity index (χ2n) is 10.3. The molecule has 194 valence electrons. The largest absolute Gasteiger partial charge is 0.496 e. The molecule has 36 heavy (non-hydrogen) atoms. The van der Waals surface area contributed by atoms with Crippen LogP contribution < -0.4 is 24.7 Å². The third kappa shape index (κ3) is 5.34. The second-order valence-corrected chi connectivity index (χ2v) is 12.2. The van der Waals surface area contributed by atoms with Gasteiger partial charge in [0.2, 0.25) is 10.0 Å². The third-order valence-corrected chi connectivity index (χ3v) is 7.29. The predicted molar refractivity (Wildman–Crippen MR) is 143 cm³/mol. The fraction of sp³-hybridized carbons (Fsp3) is 0.462. The Labute approximate surface area is 211 Å². The molecule has 1 saturated heterocycles. The smallest absolute Gasteiger partial charge is 0.258 e. The lowest BCUT2D eigenvalue weighted by Gasteiger charge is -2.26. The number of ether oxygens (including phenoxy) is 2. The molecule has 1 aromatic carbocycles. The first kappa shape index (κ1) is 26.0. The van der Waals surface area contributed by atoms with Gasteiger partial charge in [-0.3, -0.25) is 14.8 Å². The van der Waals surface area contributed by atoms with Crippen LogP contribution in [-0.2, 0) is 15.4 Å². The van der Waals surface area contributed by atoms with Gasteiger partial charge in [-0.15, -0.1) is 0 Å². The van der Waals surface area contributed by atoms with E-state index in [1.165, 1.54) is 13.4 Å². The summed E-state index contributed by atoms with van der Waals surface area (Å²) in [4.78, 5) is 22.7. The Balaban J connectivity index is 1.83. The average molecular weight is 515 g/mol. The maximum atomic E-state index is 13.0. The lowest BCUT2D eigenvalue weighted by Crippen LogP contribution is -2.30. The lowest BCUT2D eigenvalue weighted by atomic mass is 9.83. The van der Waals surface area contributed by atoms with E-state index in [0.717, 1.165) is 47.5 Å². The molecule has 1 atom stereocenters. The number of benzene rings is 1. The van der Waals surface area contributed by atoms with Crippen molar-refractivity contribution in [1.29, 1.82) is 0 Å². The number of hydrogen-bond donors (Lipinski definition) is 2. The third-order valence-electron chi connectivity index (χ3n) is 6.60. The van der Waals surface area contributed by atoms with Gasteiger partial charge in [0.25, 0.3) is 5.56 Å². The molecule has 2 aromatic heterocycles. The van der Waals surface area contributed by atoms with Crippen molar-refractivity contribution in [3.8, 4) is 22.8 Å². The number of sulfonamides is 1. The van der Waals surface area contributed by atoms with E-state index >= 15 is 0 Å². The summed E-state index contributed by atoms with van der Waals surface area (Å²) in [6, 6.07) is 7.53. The summed E-state index contributed by atoms with van der Waals surface area (Å²) in [5.41, 5.74) is 3.30. The van der Waals surface area contributed by atoms with Crippen LogP contribution in [0.2, 0.25) is 0 Å². The minimum absolute atomic E-state index is 0.214. The van der Waals surface area contributed by atoms with Crippen molar-refractivity contribution in [2.45, 2.75) is 32.6 Å². The van der Waals surface area contributed by atoms with E-state index in [2.05, 4.69) is 41.4 Å². The Morgan fingerprint density at radius 2 is 1.92 bits per heavy atom. The van der Waals surface area contributed by atoms with Gasteiger partial charge >= 0.3 is 0 Å². The molecule has 0 aliphatic carbocycles. The van der Waals surface area contributed by atoms with Crippen molar-refractivity contribution in [2.24, 2.45) is 5.92 Å². The molecule has 1 unspecified atom stereocenters. The molecule has 0 spiro atoms. The number of pyridine rings is 2. The summed E-state index contributed by atoms with van der Waals surface area (Å²) in [7, 11) is -0.0622. The number of hydrogen-bond acceptors (Lipinski definition) is 7. The van der Waals surface area contributed by atoms with Gasteiger partial charge in [0.1, 0.15) is 5.75 Å². The number of nitrogens with one attached hydrogen (secondary N) is 2. The number of aromatic amines is 1. The molecular weight excluding hydrogens is 480 g/mol. The van der Waals surface area contributed by atoms with Gasteiger partial charge in [-0.05, 0) is 42.0 Å². The highest BCUT2D eigenvalue weighted by atomic mass is 32.2. The molecule has 0 saturated carbocycles. The molecule has 1 fully saturated rings. The molecule has 3 heterocycles. The van der Waals surface area contributed by atoms with Crippen molar-refractivity contribution < 1.29 is 17.9 Å². The molecule has 1 aliphatic heterocycles. The molecule has 2 N–H and O–H groups in total. The summed E-state index contributed by atoms with van der Waals surface area (Å²) < 4.78 is 36.7. The second kappa shape index (κ2) is 9.74. The van der Waals surface area contributed by atoms with Crippen LogP contribution in [0.25, 0.3) is 22.0 Å². The molecular formula is C26H34N4O5S. The maximum absolute atomic E-state index is 13.0. The first-order valence-corrected chi connectivity index (χ1v) is 13.8. The molecule has 1 aliphatic rings. The van der Waals surface area contributed by atoms with Crippen LogP contribution in [0.4, 0.5) is 5.69 Å². The normalized spacial score (nSPS) is 16.5. The molecule has 0 bridgehead atoms. The SMILES string of the molecule is COc1ccc(-c2cc(C(C)(C)C)c(OC)c3cc(N4CCC(CNS(C)(=O)=O)C4)cnc23)c(=O)[nH]1. The Morgan fingerprint density at radius 3 is 2.53 bits per heavy atom. The summed E-state index contributed by atoms with van der Waals surface area (Å²) in [6.45, 7) is 8.26. The number of fused-ring (bicyclic) bond motifs is 1. The van der Waals surface area contributed by atoms with E-state index in [9.17, 15) is 13.2 Å². The zero-order valence-corrected chi connectivity index (χ0v) is 22.5. The number of aromatic nitrogens is 2. The highest BCUT2D eigenvalue weighted by molar-refractivity contribution is 7.88. The van der Waals surface area contributed by atoms with Gasteiger partial charge in [-0.1, -0.05) is 20.8 Å². The van der Waals surface area contributed by atoms with Crippen molar-refractivity contribution in [3.05, 3.63) is 46.4 Å². The monoisotopic (exact) mass is 514 g/mol. The van der Waals surface area contributed by atoms with Gasteiger partial charge in [0, 0.05) is 41.7 Å². The summed E-state index contributed by atoms with van der Waals surface area (Å²) in [5.74, 6) is 1.34. The van der Waals surface area contributed by atoms with E-state index in [1.54, 1.807) is 19.2 Å². The Hall–Kier alpha value is -3.11. The van der Waals surface area contributed by atoms with E-state index in [-0.39, 0.29) is 16.9 Å². The molecule has 0 amide bonds. The van der Waals surface area contributed by atoms with Crippen LogP contribution in [0.15, 0.2) is 35.3 Å². The Morgan fingerprint density at radius 1 is 1.17 bits per heavy atom. The quantitative estimate of drug-likeness (QED) is 0.497. The number of rotatable bonds is 7. The number of methoxy groups -OCH3 is 2.